The number of hydrogen-bond acceptors (Lipinski definition) is 4. The van der Waals surface area contributed by atoms with Gasteiger partial charge in [-0.05, 0) is 6.07 Å². The van der Waals surface area contributed by atoms with Crippen molar-refractivity contribution >= 4 is 16.7 Å². The van der Waals surface area contributed by atoms with E-state index in [0.717, 1.165) is 6.07 Å². The molecule has 0 fully saturated rings. The number of benzene rings is 1. The SMILES string of the molecule is C[n+]1nn(OC(F)F)c2cc([N+](=O)[O-])ccc21. The number of fused-ring (bicyclic) bond motifs is 1. The molecule has 1 aromatic carbocycles. The van der Waals surface area contributed by atoms with Crippen LogP contribution in [0.3, 0.4) is 0 Å². The van der Waals surface area contributed by atoms with Gasteiger partial charge in [-0.25, -0.2) is 4.84 Å². The van der Waals surface area contributed by atoms with E-state index in [0.29, 0.717) is 10.4 Å². The molecular weight excluding hydrogens is 238 g/mol. The largest absolute Gasteiger partial charge is 0.429 e. The van der Waals surface area contributed by atoms with Crippen molar-refractivity contribution in [3.63, 3.8) is 0 Å². The molecule has 1 heterocycles. The molecule has 0 bridgehead atoms. The van der Waals surface area contributed by atoms with Gasteiger partial charge in [-0.15, -0.1) is 4.68 Å². The fraction of sp³-hybridized carbons (Fsp3) is 0.250. The molecule has 2 rings (SSSR count). The fourth-order valence-electron chi connectivity index (χ4n) is 1.42. The van der Waals surface area contributed by atoms with Crippen LogP contribution in [0.15, 0.2) is 18.2 Å². The molecule has 2 aromatic rings. The summed E-state index contributed by atoms with van der Waals surface area (Å²) in [6.07, 6.45) is 0. The van der Waals surface area contributed by atoms with Gasteiger partial charge in [0.05, 0.1) is 15.8 Å². The van der Waals surface area contributed by atoms with Crippen molar-refractivity contribution in [2.75, 3.05) is 0 Å². The molecule has 0 unspecified atom stereocenters. The summed E-state index contributed by atoms with van der Waals surface area (Å²) in [5, 5.41) is 14.2. The molecule has 0 atom stereocenters. The minimum absolute atomic E-state index is 0.0991. The predicted molar refractivity (Wildman–Crippen MR) is 50.1 cm³/mol. The van der Waals surface area contributed by atoms with E-state index in [1.54, 1.807) is 0 Å². The number of aryl methyl sites for hydroxylation is 1. The second-order valence-electron chi connectivity index (χ2n) is 3.18. The summed E-state index contributed by atoms with van der Waals surface area (Å²) in [6.45, 7) is -3.06. The fourth-order valence-corrected chi connectivity index (χ4v) is 1.42. The molecule has 0 aliphatic carbocycles. The van der Waals surface area contributed by atoms with Crippen LogP contribution in [0.1, 0.15) is 0 Å². The number of nitro benzene ring substituents is 1. The van der Waals surface area contributed by atoms with Crippen LogP contribution in [0.25, 0.3) is 11.0 Å². The van der Waals surface area contributed by atoms with Crippen molar-refractivity contribution in [2.24, 2.45) is 7.05 Å². The quantitative estimate of drug-likeness (QED) is 0.446. The number of halogens is 2. The van der Waals surface area contributed by atoms with Crippen LogP contribution in [0.4, 0.5) is 14.5 Å². The highest BCUT2D eigenvalue weighted by molar-refractivity contribution is 5.73. The molecule has 7 nitrogen and oxygen atoms in total. The Morgan fingerprint density at radius 1 is 1.59 bits per heavy atom. The second-order valence-corrected chi connectivity index (χ2v) is 3.18. The Bertz CT molecular complexity index is 583. The maximum absolute atomic E-state index is 12.1. The summed E-state index contributed by atoms with van der Waals surface area (Å²) in [7, 11) is 1.51. The lowest BCUT2D eigenvalue weighted by Crippen LogP contribution is -2.33. The van der Waals surface area contributed by atoms with Gasteiger partial charge in [0.25, 0.3) is 11.2 Å². The lowest BCUT2D eigenvalue weighted by molar-refractivity contribution is -0.711. The molecule has 0 N–H and O–H groups in total. The van der Waals surface area contributed by atoms with Crippen LogP contribution >= 0.6 is 0 Å². The van der Waals surface area contributed by atoms with Gasteiger partial charge in [-0.3, -0.25) is 10.1 Å². The standard InChI is InChI=1S/C8H7F2N4O3/c1-12-6-3-2-5(14(15)16)4-7(6)13(11-12)17-8(9)10/h2-4,8H,1H3/q+1. The van der Waals surface area contributed by atoms with Crippen molar-refractivity contribution in [1.29, 1.82) is 0 Å². The highest BCUT2D eigenvalue weighted by Gasteiger charge is 2.23. The molecular formula is C8H7F2N4O3+. The van der Waals surface area contributed by atoms with E-state index in [-0.39, 0.29) is 11.2 Å². The van der Waals surface area contributed by atoms with Crippen LogP contribution in [-0.2, 0) is 7.05 Å². The lowest BCUT2D eigenvalue weighted by Gasteiger charge is -1.94. The first-order valence-corrected chi connectivity index (χ1v) is 4.48. The highest BCUT2D eigenvalue weighted by Crippen LogP contribution is 2.17. The molecule has 0 spiro atoms. The first kappa shape index (κ1) is 11.2. The van der Waals surface area contributed by atoms with Gasteiger partial charge in [-0.1, -0.05) is 0 Å². The van der Waals surface area contributed by atoms with Gasteiger partial charge in [0.2, 0.25) is 5.52 Å². The maximum Gasteiger partial charge on any atom is 0.429 e. The number of non-ortho nitro benzene ring substituents is 1. The van der Waals surface area contributed by atoms with Crippen molar-refractivity contribution in [2.45, 2.75) is 6.61 Å². The molecule has 9 heteroatoms. The minimum atomic E-state index is -3.06. The Hall–Kier alpha value is -2.32. The summed E-state index contributed by atoms with van der Waals surface area (Å²) < 4.78 is 25.5. The van der Waals surface area contributed by atoms with Gasteiger partial charge < -0.3 is 0 Å². The van der Waals surface area contributed by atoms with Crippen molar-refractivity contribution in [3.8, 4) is 0 Å². The number of aromatic nitrogens is 3. The van der Waals surface area contributed by atoms with Crippen molar-refractivity contribution in [1.82, 2.24) is 10.1 Å². The van der Waals surface area contributed by atoms with E-state index < -0.39 is 11.5 Å². The van der Waals surface area contributed by atoms with Crippen LogP contribution in [0, 0.1) is 10.1 Å². The first-order chi connectivity index (χ1) is 7.99. The topological polar surface area (TPSA) is 74.1 Å². The summed E-state index contributed by atoms with van der Waals surface area (Å²) in [6, 6.07) is 3.78. The summed E-state index contributed by atoms with van der Waals surface area (Å²) in [5.74, 6) is 0. The Labute approximate surface area is 92.9 Å². The third kappa shape index (κ3) is 1.98. The zero-order chi connectivity index (χ0) is 12.6. The first-order valence-electron chi connectivity index (χ1n) is 4.48. The van der Waals surface area contributed by atoms with Crippen molar-refractivity contribution < 1.29 is 23.2 Å². The van der Waals surface area contributed by atoms with E-state index in [9.17, 15) is 18.9 Å². The lowest BCUT2D eigenvalue weighted by atomic mass is 10.3. The smallest absolute Gasteiger partial charge is 0.258 e. The highest BCUT2D eigenvalue weighted by atomic mass is 19.3. The van der Waals surface area contributed by atoms with E-state index in [1.165, 1.54) is 23.9 Å². The molecule has 0 radical (unpaired) electrons. The maximum atomic E-state index is 12.1. The molecule has 90 valence electrons. The predicted octanol–water partition coefficient (Wildman–Crippen LogP) is 0.420. The number of nitro groups is 1. The van der Waals surface area contributed by atoms with Gasteiger partial charge in [-0.2, -0.15) is 8.78 Å². The Morgan fingerprint density at radius 2 is 2.29 bits per heavy atom. The third-order valence-corrected chi connectivity index (χ3v) is 2.12. The monoisotopic (exact) mass is 245 g/mol. The molecule has 0 saturated heterocycles. The number of rotatable bonds is 3. The Kier molecular flexibility index (Phi) is 2.58. The molecule has 1 aromatic heterocycles. The average Bonchev–Trinajstić information content (AvgIpc) is 2.54. The third-order valence-electron chi connectivity index (χ3n) is 2.12. The number of hydrogen-bond donors (Lipinski definition) is 0. The molecule has 0 saturated carbocycles. The number of alkyl halides is 2. The number of nitrogens with zero attached hydrogens (tertiary/aromatic N) is 4. The Balaban J connectivity index is 2.60. The van der Waals surface area contributed by atoms with Gasteiger partial charge in [0.15, 0.2) is 0 Å². The molecule has 17 heavy (non-hydrogen) atoms. The van der Waals surface area contributed by atoms with Crippen LogP contribution in [-0.4, -0.2) is 21.6 Å². The van der Waals surface area contributed by atoms with Gasteiger partial charge >= 0.3 is 6.61 Å². The zero-order valence-electron chi connectivity index (χ0n) is 8.58. The minimum Gasteiger partial charge on any atom is -0.258 e. The normalized spacial score (nSPS) is 11.1. The Morgan fingerprint density at radius 3 is 2.88 bits per heavy atom. The average molecular weight is 245 g/mol. The molecule has 0 aliphatic rings. The molecule has 0 aliphatic heterocycles. The second kappa shape index (κ2) is 3.92. The van der Waals surface area contributed by atoms with Crippen LogP contribution in [0.2, 0.25) is 0 Å². The summed E-state index contributed by atoms with van der Waals surface area (Å²) >= 11 is 0. The van der Waals surface area contributed by atoms with Gasteiger partial charge in [0.1, 0.15) is 12.3 Å². The van der Waals surface area contributed by atoms with E-state index in [1.807, 2.05) is 0 Å². The summed E-state index contributed by atoms with van der Waals surface area (Å²) in [5.41, 5.74) is 0.315. The molecule has 0 amide bonds. The van der Waals surface area contributed by atoms with E-state index in [2.05, 4.69) is 10.1 Å². The zero-order valence-corrected chi connectivity index (χ0v) is 8.58. The van der Waals surface area contributed by atoms with Crippen LogP contribution in [0.5, 0.6) is 0 Å². The van der Waals surface area contributed by atoms with Crippen molar-refractivity contribution in [3.05, 3.63) is 28.3 Å². The van der Waals surface area contributed by atoms with Gasteiger partial charge in [0, 0.05) is 6.07 Å². The van der Waals surface area contributed by atoms with E-state index in [4.69, 9.17) is 0 Å². The summed E-state index contributed by atoms with van der Waals surface area (Å²) in [4.78, 5) is 14.6. The van der Waals surface area contributed by atoms with Crippen LogP contribution < -0.4 is 9.52 Å². The van der Waals surface area contributed by atoms with E-state index >= 15 is 0 Å².